The van der Waals surface area contributed by atoms with Gasteiger partial charge >= 0.3 is 23.9 Å². The standard InChI is InChI=1S/C18H24N4O18/c23-11(1-5-19(28)29)36-9-10-15(38-12(24)2-6-20(30)31)16(39-13(25)3-7-21(32)33)17(18(27)37-10)40-14(26)4-8-22(34)35/h10,15-18,27H,1-9H2/t10?,15?,16-,17?,18?/m0/s1. The number of carbonyl (C=O) groups excluding carboxylic acids is 4. The Bertz CT molecular complexity index is 988. The van der Waals surface area contributed by atoms with Crippen molar-refractivity contribution >= 4 is 23.9 Å². The Hall–Kier alpha value is -4.60. The molecule has 0 radical (unpaired) electrons. The van der Waals surface area contributed by atoms with Gasteiger partial charge in [0.1, 0.15) is 38.4 Å². The highest BCUT2D eigenvalue weighted by molar-refractivity contribution is 5.72. The third kappa shape index (κ3) is 12.8. The average molecular weight is 584 g/mol. The molecule has 1 heterocycles. The van der Waals surface area contributed by atoms with Crippen molar-refractivity contribution in [2.45, 2.75) is 56.4 Å². The lowest BCUT2D eigenvalue weighted by Crippen LogP contribution is -2.62. The maximum atomic E-state index is 12.3. The predicted octanol–water partition coefficient (Wildman–Crippen LogP) is -2.35. The van der Waals surface area contributed by atoms with E-state index in [0.29, 0.717) is 0 Å². The smallest absolute Gasteiger partial charge is 0.313 e. The Morgan fingerprint density at radius 1 is 0.600 bits per heavy atom. The number of aliphatic hydroxyl groups is 1. The topological polar surface area (TPSA) is 307 Å². The van der Waals surface area contributed by atoms with Gasteiger partial charge in [0.2, 0.25) is 26.2 Å². The fourth-order valence-electron chi connectivity index (χ4n) is 3.04. The first-order valence-electron chi connectivity index (χ1n) is 11.2. The minimum atomic E-state index is -2.22. The molecule has 0 bridgehead atoms. The Balaban J connectivity index is 3.28. The summed E-state index contributed by atoms with van der Waals surface area (Å²) in [4.78, 5) is 87.3. The van der Waals surface area contributed by atoms with Crippen molar-refractivity contribution in [2.75, 3.05) is 32.8 Å². The van der Waals surface area contributed by atoms with E-state index in [1.807, 2.05) is 0 Å². The van der Waals surface area contributed by atoms with Gasteiger partial charge in [0.25, 0.3) is 0 Å². The zero-order valence-corrected chi connectivity index (χ0v) is 20.4. The minimum Gasteiger partial charge on any atom is -0.463 e. The van der Waals surface area contributed by atoms with Crippen LogP contribution in [0, 0.1) is 40.5 Å². The van der Waals surface area contributed by atoms with E-state index >= 15 is 0 Å². The number of hydrogen-bond donors (Lipinski definition) is 1. The summed E-state index contributed by atoms with van der Waals surface area (Å²) in [5.41, 5.74) is 0. The second-order valence-electron chi connectivity index (χ2n) is 7.84. The van der Waals surface area contributed by atoms with Crippen molar-refractivity contribution in [1.82, 2.24) is 0 Å². The number of hydrogen-bond acceptors (Lipinski definition) is 18. The molecular weight excluding hydrogens is 560 g/mol. The van der Waals surface area contributed by atoms with Crippen molar-refractivity contribution in [3.8, 4) is 0 Å². The number of rotatable bonds is 17. The fourth-order valence-corrected chi connectivity index (χ4v) is 3.04. The van der Waals surface area contributed by atoms with Gasteiger partial charge in [-0.1, -0.05) is 0 Å². The van der Waals surface area contributed by atoms with Crippen LogP contribution in [0.2, 0.25) is 0 Å². The molecule has 0 amide bonds. The third-order valence-corrected chi connectivity index (χ3v) is 4.81. The molecule has 5 atom stereocenters. The van der Waals surface area contributed by atoms with Crippen LogP contribution in [0.15, 0.2) is 0 Å². The fraction of sp³-hybridized carbons (Fsp3) is 0.778. The first-order chi connectivity index (χ1) is 18.7. The molecule has 1 saturated heterocycles. The number of aliphatic hydroxyl groups excluding tert-OH is 1. The maximum absolute atomic E-state index is 12.3. The van der Waals surface area contributed by atoms with Gasteiger partial charge in [-0.05, 0) is 0 Å². The van der Waals surface area contributed by atoms with E-state index < -0.39 is 133 Å². The lowest BCUT2D eigenvalue weighted by molar-refractivity contribution is -0.479. The summed E-state index contributed by atoms with van der Waals surface area (Å²) in [6, 6.07) is 0. The summed E-state index contributed by atoms with van der Waals surface area (Å²) >= 11 is 0. The van der Waals surface area contributed by atoms with E-state index in [2.05, 4.69) is 0 Å². The van der Waals surface area contributed by atoms with Gasteiger partial charge in [0.15, 0.2) is 24.6 Å². The molecule has 0 aromatic rings. The summed E-state index contributed by atoms with van der Waals surface area (Å²) in [5.74, 6) is -5.06. The van der Waals surface area contributed by atoms with Crippen molar-refractivity contribution in [3.63, 3.8) is 0 Å². The molecule has 0 aliphatic carbocycles. The van der Waals surface area contributed by atoms with Gasteiger partial charge in [0, 0.05) is 19.7 Å². The number of carbonyl (C=O) groups is 4. The zero-order valence-electron chi connectivity index (χ0n) is 20.4. The van der Waals surface area contributed by atoms with Crippen LogP contribution in [0.4, 0.5) is 0 Å². The molecule has 1 aliphatic heterocycles. The number of nitrogens with zero attached hydrogens (tertiary/aromatic N) is 4. The van der Waals surface area contributed by atoms with Crippen molar-refractivity contribution < 1.29 is 67.7 Å². The quantitative estimate of drug-likeness (QED) is 0.0809. The molecule has 1 rings (SSSR count). The van der Waals surface area contributed by atoms with Gasteiger partial charge in [-0.25, -0.2) is 0 Å². The molecule has 0 aromatic heterocycles. The minimum absolute atomic E-state index is 0.703. The molecule has 0 spiro atoms. The van der Waals surface area contributed by atoms with E-state index in [1.165, 1.54) is 0 Å². The Kier molecular flexibility index (Phi) is 13.7. The van der Waals surface area contributed by atoms with Crippen LogP contribution in [-0.2, 0) is 42.9 Å². The summed E-state index contributed by atoms with van der Waals surface area (Å²) in [7, 11) is 0. The lowest BCUT2D eigenvalue weighted by Gasteiger charge is -2.42. The molecule has 1 aliphatic rings. The predicted molar refractivity (Wildman–Crippen MR) is 117 cm³/mol. The molecule has 40 heavy (non-hydrogen) atoms. The molecule has 0 saturated carbocycles. The molecule has 0 aromatic carbocycles. The van der Waals surface area contributed by atoms with Gasteiger partial charge in [0.05, 0.1) is 0 Å². The zero-order chi connectivity index (χ0) is 30.4. The summed E-state index contributed by atoms with van der Waals surface area (Å²) in [6.07, 6.45) is -13.2. The van der Waals surface area contributed by atoms with Gasteiger partial charge in [-0.15, -0.1) is 0 Å². The number of nitro groups is 4. The average Bonchev–Trinajstić information content (AvgIpc) is 2.86. The third-order valence-electron chi connectivity index (χ3n) is 4.81. The molecular formula is C18H24N4O18. The second-order valence-corrected chi connectivity index (χ2v) is 7.84. The van der Waals surface area contributed by atoms with E-state index in [-0.39, 0.29) is 0 Å². The van der Waals surface area contributed by atoms with Crippen LogP contribution >= 0.6 is 0 Å². The van der Waals surface area contributed by atoms with Gasteiger partial charge in [-0.3, -0.25) is 59.6 Å². The SMILES string of the molecule is O=C(CC[N+](=O)[O-])OCC1OC(O)C(OC(=O)CC[N+](=O)[O-])[C@@H](OC(=O)CC[N+](=O)[O-])C1OC(=O)CC[N+](=O)[O-]. The molecule has 22 heteroatoms. The van der Waals surface area contributed by atoms with E-state index in [0.717, 1.165) is 0 Å². The van der Waals surface area contributed by atoms with Crippen LogP contribution in [0.25, 0.3) is 0 Å². The van der Waals surface area contributed by atoms with Crippen LogP contribution in [0.1, 0.15) is 25.7 Å². The normalized spacial score (nSPS) is 21.9. The first-order valence-corrected chi connectivity index (χ1v) is 11.2. The van der Waals surface area contributed by atoms with Crippen LogP contribution in [0.3, 0.4) is 0 Å². The summed E-state index contributed by atoms with van der Waals surface area (Å²) in [5, 5.41) is 52.7. The van der Waals surface area contributed by atoms with Crippen LogP contribution in [0.5, 0.6) is 0 Å². The second kappa shape index (κ2) is 16.4. The molecule has 1 fully saturated rings. The number of ether oxygens (including phenoxy) is 5. The molecule has 224 valence electrons. The number of esters is 4. The van der Waals surface area contributed by atoms with Gasteiger partial charge in [-0.2, -0.15) is 0 Å². The van der Waals surface area contributed by atoms with Crippen molar-refractivity contribution in [1.29, 1.82) is 0 Å². The van der Waals surface area contributed by atoms with E-state index in [9.17, 15) is 64.7 Å². The Morgan fingerprint density at radius 3 is 1.35 bits per heavy atom. The first kappa shape index (κ1) is 33.4. The van der Waals surface area contributed by atoms with Crippen molar-refractivity contribution in [3.05, 3.63) is 40.5 Å². The summed E-state index contributed by atoms with van der Waals surface area (Å²) < 4.78 is 25.1. The molecule has 1 N–H and O–H groups in total. The van der Waals surface area contributed by atoms with Crippen LogP contribution in [-0.4, -0.2) is 112 Å². The molecule has 4 unspecified atom stereocenters. The molecule has 22 nitrogen and oxygen atoms in total. The highest BCUT2D eigenvalue weighted by Gasteiger charge is 2.52. The van der Waals surface area contributed by atoms with E-state index in [1.54, 1.807) is 0 Å². The highest BCUT2D eigenvalue weighted by atomic mass is 16.7. The van der Waals surface area contributed by atoms with E-state index in [4.69, 9.17) is 23.7 Å². The lowest BCUT2D eigenvalue weighted by atomic mass is 9.98. The largest absolute Gasteiger partial charge is 0.463 e. The Morgan fingerprint density at radius 2 is 0.950 bits per heavy atom. The van der Waals surface area contributed by atoms with Gasteiger partial charge < -0.3 is 28.8 Å². The summed E-state index contributed by atoms with van der Waals surface area (Å²) in [6.45, 7) is -4.46. The maximum Gasteiger partial charge on any atom is 0.313 e. The highest BCUT2D eigenvalue weighted by Crippen LogP contribution is 2.29. The van der Waals surface area contributed by atoms with Crippen molar-refractivity contribution in [2.24, 2.45) is 0 Å². The van der Waals surface area contributed by atoms with Crippen LogP contribution < -0.4 is 0 Å². The monoisotopic (exact) mass is 584 g/mol. The Labute approximate surface area is 222 Å².